The number of rotatable bonds is 4. The largest absolute Gasteiger partial charge is 0.475 e. The second-order valence-electron chi connectivity index (χ2n) is 4.31. The zero-order valence-corrected chi connectivity index (χ0v) is 11.4. The van der Waals surface area contributed by atoms with Crippen molar-refractivity contribution in [2.24, 2.45) is 0 Å². The van der Waals surface area contributed by atoms with Crippen molar-refractivity contribution in [3.63, 3.8) is 0 Å². The number of fused-ring (bicyclic) bond motifs is 1. The molecule has 3 aromatic rings. The summed E-state index contributed by atoms with van der Waals surface area (Å²) in [7, 11) is 0. The minimum Gasteiger partial charge on any atom is -0.475 e. The fourth-order valence-electron chi connectivity index (χ4n) is 1.78. The highest BCUT2D eigenvalue weighted by atomic mass is 32.2. The van der Waals surface area contributed by atoms with Crippen LogP contribution < -0.4 is 0 Å². The molecule has 0 unspecified atom stereocenters. The summed E-state index contributed by atoms with van der Waals surface area (Å²) in [5.41, 5.74) is 2.67. The van der Waals surface area contributed by atoms with Gasteiger partial charge in [0.2, 0.25) is 5.76 Å². The van der Waals surface area contributed by atoms with Gasteiger partial charge in [0, 0.05) is 0 Å². The molecule has 2 heterocycles. The van der Waals surface area contributed by atoms with E-state index in [1.165, 1.54) is 17.8 Å². The summed E-state index contributed by atoms with van der Waals surface area (Å²) in [6.07, 6.45) is 0. The number of benzene rings is 1. The van der Waals surface area contributed by atoms with Gasteiger partial charge in [0.15, 0.2) is 5.58 Å². The summed E-state index contributed by atoms with van der Waals surface area (Å²) in [6, 6.07) is 8.90. The molecule has 0 fully saturated rings. The molecular weight excluding hydrogens is 278 g/mol. The van der Waals surface area contributed by atoms with Crippen LogP contribution >= 0.6 is 11.8 Å². The summed E-state index contributed by atoms with van der Waals surface area (Å²) in [4.78, 5) is 15.1. The van der Waals surface area contributed by atoms with Crippen LogP contribution in [-0.2, 0) is 5.75 Å². The summed E-state index contributed by atoms with van der Waals surface area (Å²) in [6.45, 7) is 1.99. The lowest BCUT2D eigenvalue weighted by atomic mass is 10.2. The molecule has 0 aliphatic carbocycles. The predicted molar refractivity (Wildman–Crippen MR) is 74.0 cm³/mol. The highest BCUT2D eigenvalue weighted by molar-refractivity contribution is 7.98. The molecule has 0 spiro atoms. The Hall–Kier alpha value is -2.21. The number of carboxylic acid groups (broad SMARTS) is 1. The lowest BCUT2D eigenvalue weighted by Crippen LogP contribution is -1.91. The molecule has 1 N–H and O–H groups in total. The van der Waals surface area contributed by atoms with Crippen molar-refractivity contribution in [2.75, 3.05) is 0 Å². The summed E-state index contributed by atoms with van der Waals surface area (Å²) < 4.78 is 10.8. The third-order valence-corrected chi connectivity index (χ3v) is 3.59. The van der Waals surface area contributed by atoms with Gasteiger partial charge in [0.05, 0.1) is 5.75 Å². The smallest absolute Gasteiger partial charge is 0.371 e. The molecular formula is C14H11NO4S. The van der Waals surface area contributed by atoms with Gasteiger partial charge in [-0.25, -0.2) is 9.78 Å². The number of nitrogens with zero attached hydrogens (tertiary/aromatic N) is 1. The van der Waals surface area contributed by atoms with Crippen LogP contribution in [0, 0.1) is 6.92 Å². The van der Waals surface area contributed by atoms with Crippen molar-refractivity contribution < 1.29 is 18.7 Å². The number of aromatic carboxylic acids is 1. The predicted octanol–water partition coefficient (Wildman–Crippen LogP) is 3.72. The van der Waals surface area contributed by atoms with Crippen LogP contribution in [-0.4, -0.2) is 16.1 Å². The van der Waals surface area contributed by atoms with Gasteiger partial charge >= 0.3 is 5.97 Å². The van der Waals surface area contributed by atoms with Crippen LogP contribution in [0.3, 0.4) is 0 Å². The summed E-state index contributed by atoms with van der Waals surface area (Å²) >= 11 is 1.37. The van der Waals surface area contributed by atoms with Crippen molar-refractivity contribution in [3.8, 4) is 0 Å². The normalized spacial score (nSPS) is 11.1. The third kappa shape index (κ3) is 2.55. The number of hydrogen-bond donors (Lipinski definition) is 1. The Bertz CT molecular complexity index is 774. The molecule has 0 saturated heterocycles. The van der Waals surface area contributed by atoms with Crippen LogP contribution in [0.25, 0.3) is 11.1 Å². The second-order valence-corrected chi connectivity index (χ2v) is 5.24. The Morgan fingerprint density at radius 2 is 2.15 bits per heavy atom. The van der Waals surface area contributed by atoms with Gasteiger partial charge in [-0.2, -0.15) is 0 Å². The van der Waals surface area contributed by atoms with E-state index in [0.29, 0.717) is 16.7 Å². The van der Waals surface area contributed by atoms with Gasteiger partial charge in [-0.05, 0) is 36.8 Å². The first kappa shape index (κ1) is 12.8. The molecule has 6 heteroatoms. The lowest BCUT2D eigenvalue weighted by molar-refractivity contribution is 0.0661. The number of hydrogen-bond acceptors (Lipinski definition) is 5. The first-order chi connectivity index (χ1) is 9.61. The van der Waals surface area contributed by atoms with Crippen molar-refractivity contribution in [1.29, 1.82) is 0 Å². The quantitative estimate of drug-likeness (QED) is 0.738. The maximum Gasteiger partial charge on any atom is 0.371 e. The molecule has 1 aromatic carbocycles. The monoisotopic (exact) mass is 289 g/mol. The molecule has 3 rings (SSSR count). The standard InChI is InChI=1S/C14H11NO4S/c1-8-2-4-10-12(6-8)19-14(15-10)20-7-9-3-5-11(18-9)13(16)17/h2-6H,7H2,1H3,(H,16,17). The number of carbonyl (C=O) groups is 1. The number of aryl methyl sites for hydroxylation is 1. The SMILES string of the molecule is Cc1ccc2nc(SCc3ccc(C(=O)O)o3)oc2c1. The third-order valence-electron chi connectivity index (χ3n) is 2.73. The van der Waals surface area contributed by atoms with E-state index >= 15 is 0 Å². The second kappa shape index (κ2) is 5.05. The van der Waals surface area contributed by atoms with E-state index < -0.39 is 5.97 Å². The molecule has 0 aliphatic rings. The molecule has 0 amide bonds. The molecule has 0 saturated carbocycles. The molecule has 0 bridgehead atoms. The van der Waals surface area contributed by atoms with Crippen molar-refractivity contribution in [2.45, 2.75) is 17.9 Å². The molecule has 20 heavy (non-hydrogen) atoms. The van der Waals surface area contributed by atoms with Crippen molar-refractivity contribution in [1.82, 2.24) is 4.98 Å². The van der Waals surface area contributed by atoms with Gasteiger partial charge in [-0.3, -0.25) is 0 Å². The Labute approximate surface area is 118 Å². The average molecular weight is 289 g/mol. The van der Waals surface area contributed by atoms with E-state index in [2.05, 4.69) is 4.98 Å². The molecule has 0 aliphatic heterocycles. The molecule has 5 nitrogen and oxygen atoms in total. The minimum absolute atomic E-state index is 0.0613. The Balaban J connectivity index is 1.74. The zero-order valence-electron chi connectivity index (χ0n) is 10.6. The van der Waals surface area contributed by atoms with Gasteiger partial charge in [-0.15, -0.1) is 0 Å². The van der Waals surface area contributed by atoms with Crippen LogP contribution in [0.1, 0.15) is 21.9 Å². The first-order valence-electron chi connectivity index (χ1n) is 5.94. The topological polar surface area (TPSA) is 76.5 Å². The minimum atomic E-state index is -1.07. The van der Waals surface area contributed by atoms with E-state index in [4.69, 9.17) is 13.9 Å². The lowest BCUT2D eigenvalue weighted by Gasteiger charge is -1.92. The number of oxazole rings is 1. The summed E-state index contributed by atoms with van der Waals surface area (Å²) in [5.74, 6) is -0.0859. The number of furan rings is 1. The van der Waals surface area contributed by atoms with E-state index in [0.717, 1.165) is 16.7 Å². The fraction of sp³-hybridized carbons (Fsp3) is 0.143. The van der Waals surface area contributed by atoms with E-state index in [9.17, 15) is 4.79 Å². The summed E-state index contributed by atoms with van der Waals surface area (Å²) in [5, 5.41) is 9.31. The average Bonchev–Trinajstić information content (AvgIpc) is 3.01. The van der Waals surface area contributed by atoms with Crippen LogP contribution in [0.5, 0.6) is 0 Å². The first-order valence-corrected chi connectivity index (χ1v) is 6.92. The van der Waals surface area contributed by atoms with E-state index in [1.54, 1.807) is 6.07 Å². The fourth-order valence-corrected chi connectivity index (χ4v) is 2.51. The van der Waals surface area contributed by atoms with E-state index in [1.807, 2.05) is 25.1 Å². The number of thioether (sulfide) groups is 1. The van der Waals surface area contributed by atoms with Gasteiger partial charge in [-0.1, -0.05) is 17.8 Å². The van der Waals surface area contributed by atoms with Crippen molar-refractivity contribution in [3.05, 3.63) is 47.4 Å². The molecule has 0 radical (unpaired) electrons. The van der Waals surface area contributed by atoms with Crippen LogP contribution in [0.4, 0.5) is 0 Å². The molecule has 102 valence electrons. The maximum atomic E-state index is 10.7. The molecule has 0 atom stereocenters. The van der Waals surface area contributed by atoms with E-state index in [-0.39, 0.29) is 5.76 Å². The zero-order chi connectivity index (χ0) is 14.1. The maximum absolute atomic E-state index is 10.7. The highest BCUT2D eigenvalue weighted by Crippen LogP contribution is 2.27. The Morgan fingerprint density at radius 3 is 2.90 bits per heavy atom. The van der Waals surface area contributed by atoms with Crippen molar-refractivity contribution >= 4 is 28.8 Å². The Kier molecular flexibility index (Phi) is 3.23. The number of aromatic nitrogens is 1. The number of carboxylic acids is 1. The van der Waals surface area contributed by atoms with Gasteiger partial charge < -0.3 is 13.9 Å². The highest BCUT2D eigenvalue weighted by Gasteiger charge is 2.11. The molecule has 2 aromatic heterocycles. The van der Waals surface area contributed by atoms with Crippen LogP contribution in [0.2, 0.25) is 0 Å². The Morgan fingerprint density at radius 1 is 1.30 bits per heavy atom. The van der Waals surface area contributed by atoms with Crippen LogP contribution in [0.15, 0.2) is 44.4 Å². The van der Waals surface area contributed by atoms with Gasteiger partial charge in [0.1, 0.15) is 11.3 Å². The van der Waals surface area contributed by atoms with Gasteiger partial charge in [0.25, 0.3) is 5.22 Å².